The molecular weight excluding hydrogens is 494 g/mol. The lowest BCUT2D eigenvalue weighted by Crippen LogP contribution is -2.55. The Bertz CT molecular complexity index is 1090. The molecule has 0 saturated carbocycles. The average molecular weight is 526 g/mol. The van der Waals surface area contributed by atoms with Gasteiger partial charge in [-0.3, -0.25) is 24.0 Å². The van der Waals surface area contributed by atoms with E-state index in [0.29, 0.717) is 5.57 Å². The van der Waals surface area contributed by atoms with Gasteiger partial charge in [-0.05, 0) is 22.8 Å². The van der Waals surface area contributed by atoms with Gasteiger partial charge in [0.05, 0.1) is 6.04 Å². The Morgan fingerprint density at radius 2 is 1.26 bits per heavy atom. The first-order chi connectivity index (χ1) is 18.1. The van der Waals surface area contributed by atoms with Crippen molar-refractivity contribution in [3.8, 4) is 0 Å². The minimum absolute atomic E-state index is 0.0953. The smallest absolute Gasteiger partial charge is 0.303 e. The number of benzene rings is 2. The Labute approximate surface area is 220 Å². The number of ether oxygens (including phenoxy) is 4. The molecule has 0 heterocycles. The van der Waals surface area contributed by atoms with Crippen molar-refractivity contribution in [3.63, 3.8) is 0 Å². The normalized spacial score (nSPS) is 13.5. The molecule has 0 spiro atoms. The molecule has 10 heteroatoms. The van der Waals surface area contributed by atoms with Gasteiger partial charge >= 0.3 is 17.9 Å². The Hall–Kier alpha value is -4.47. The van der Waals surface area contributed by atoms with Gasteiger partial charge in [-0.2, -0.15) is 0 Å². The van der Waals surface area contributed by atoms with Gasteiger partial charge < -0.3 is 24.3 Å². The van der Waals surface area contributed by atoms with Crippen LogP contribution in [0.4, 0.5) is 0 Å². The topological polar surface area (TPSA) is 134 Å². The summed E-state index contributed by atoms with van der Waals surface area (Å²) in [5, 5.41) is 2.74. The number of carbonyl (C=O) groups excluding carboxylic acids is 5. The predicted octanol–water partition coefficient (Wildman–Crippen LogP) is 2.59. The van der Waals surface area contributed by atoms with E-state index in [1.807, 2.05) is 60.7 Å². The molecule has 0 aliphatic heterocycles. The maximum atomic E-state index is 12.3. The third kappa shape index (κ3) is 9.53. The van der Waals surface area contributed by atoms with Crippen molar-refractivity contribution < 1.29 is 42.9 Å². The van der Waals surface area contributed by atoms with Crippen LogP contribution in [0.25, 0.3) is 5.57 Å². The first kappa shape index (κ1) is 29.8. The first-order valence-electron chi connectivity index (χ1n) is 11.8. The summed E-state index contributed by atoms with van der Waals surface area (Å²) >= 11 is 0. The Kier molecular flexibility index (Phi) is 11.7. The summed E-state index contributed by atoms with van der Waals surface area (Å²) in [6.07, 6.45) is -2.53. The van der Waals surface area contributed by atoms with Crippen LogP contribution >= 0.6 is 0 Å². The largest absolute Gasteiger partial charge is 0.462 e. The summed E-state index contributed by atoms with van der Waals surface area (Å²) in [6.45, 7) is 4.28. The summed E-state index contributed by atoms with van der Waals surface area (Å²) < 4.78 is 21.1. The van der Waals surface area contributed by atoms with E-state index in [2.05, 4.69) is 5.32 Å². The van der Waals surface area contributed by atoms with Gasteiger partial charge in [0.15, 0.2) is 18.3 Å². The number of carbonyl (C=O) groups is 5. The van der Waals surface area contributed by atoms with Crippen molar-refractivity contribution >= 4 is 35.9 Å². The predicted molar refractivity (Wildman–Crippen MR) is 136 cm³/mol. The van der Waals surface area contributed by atoms with Crippen LogP contribution < -0.4 is 5.32 Å². The molecule has 2 aromatic rings. The summed E-state index contributed by atoms with van der Waals surface area (Å²) in [6, 6.07) is 17.5. The van der Waals surface area contributed by atoms with Crippen LogP contribution in [-0.4, -0.2) is 61.2 Å². The quantitative estimate of drug-likeness (QED) is 0.238. The van der Waals surface area contributed by atoms with Crippen molar-refractivity contribution in [2.45, 2.75) is 52.0 Å². The average Bonchev–Trinajstić information content (AvgIpc) is 2.87. The van der Waals surface area contributed by atoms with E-state index >= 15 is 0 Å². The summed E-state index contributed by atoms with van der Waals surface area (Å²) in [7, 11) is 0. The molecule has 10 nitrogen and oxygen atoms in total. The second-order valence-corrected chi connectivity index (χ2v) is 8.26. The molecule has 1 amide bonds. The second-order valence-electron chi connectivity index (χ2n) is 8.26. The van der Waals surface area contributed by atoms with E-state index in [1.165, 1.54) is 6.92 Å². The van der Waals surface area contributed by atoms with Crippen molar-refractivity contribution in [2.75, 3.05) is 6.61 Å². The monoisotopic (exact) mass is 525 g/mol. The second kappa shape index (κ2) is 14.9. The first-order valence-corrected chi connectivity index (χ1v) is 11.8. The third-order valence-electron chi connectivity index (χ3n) is 5.22. The van der Waals surface area contributed by atoms with E-state index in [0.717, 1.165) is 31.9 Å². The molecule has 0 radical (unpaired) electrons. The Morgan fingerprint density at radius 3 is 1.68 bits per heavy atom. The molecule has 0 aromatic heterocycles. The zero-order valence-corrected chi connectivity index (χ0v) is 21.6. The lowest BCUT2D eigenvalue weighted by atomic mass is 9.92. The minimum atomic E-state index is -1.46. The number of rotatable bonds is 13. The standard InChI is InChI=1S/C28H31NO9/c1-18(31)29-25(15-24(22-11-7-5-8-12-22)23-13-9-6-10-14-23)27(37-20(3)33)28(38-21(4)34)26(36-17-30)16-35-19(2)32/h5-15,17,25-28H,16H2,1-4H3,(H,29,31). The fraction of sp³-hybridized carbons (Fsp3) is 0.321. The summed E-state index contributed by atoms with van der Waals surface area (Å²) in [4.78, 5) is 59.4. The van der Waals surface area contributed by atoms with Gasteiger partial charge in [-0.25, -0.2) is 0 Å². The molecule has 0 aliphatic rings. The van der Waals surface area contributed by atoms with Crippen molar-refractivity contribution in [1.82, 2.24) is 5.32 Å². The molecule has 0 fully saturated rings. The molecule has 0 saturated heterocycles. The van der Waals surface area contributed by atoms with E-state index in [4.69, 9.17) is 18.9 Å². The zero-order chi connectivity index (χ0) is 28.1. The number of hydrogen-bond donors (Lipinski definition) is 1. The fourth-order valence-electron chi connectivity index (χ4n) is 3.79. The molecule has 2 aromatic carbocycles. The van der Waals surface area contributed by atoms with Crippen LogP contribution in [0.2, 0.25) is 0 Å². The van der Waals surface area contributed by atoms with Gasteiger partial charge in [-0.1, -0.05) is 60.7 Å². The summed E-state index contributed by atoms with van der Waals surface area (Å²) in [5.74, 6) is -2.69. The Balaban J connectivity index is 2.73. The number of amides is 1. The molecule has 0 bridgehead atoms. The van der Waals surface area contributed by atoms with Gasteiger partial charge in [0.1, 0.15) is 6.61 Å². The third-order valence-corrected chi connectivity index (χ3v) is 5.22. The van der Waals surface area contributed by atoms with E-state index in [-0.39, 0.29) is 6.47 Å². The maximum Gasteiger partial charge on any atom is 0.303 e. The SMILES string of the molecule is CC(=O)NC(C=C(c1ccccc1)c1ccccc1)C(OC(C)=O)C(OC(C)=O)C(COC(C)=O)OC=O. The van der Waals surface area contributed by atoms with Crippen LogP contribution in [0, 0.1) is 0 Å². The van der Waals surface area contributed by atoms with Gasteiger partial charge in [-0.15, -0.1) is 0 Å². The zero-order valence-electron chi connectivity index (χ0n) is 21.6. The molecule has 1 N–H and O–H groups in total. The van der Waals surface area contributed by atoms with Crippen LogP contribution in [0.15, 0.2) is 66.7 Å². The summed E-state index contributed by atoms with van der Waals surface area (Å²) in [5.41, 5.74) is 2.26. The molecular formula is C28H31NO9. The molecule has 4 atom stereocenters. The highest BCUT2D eigenvalue weighted by atomic mass is 16.6. The highest BCUT2D eigenvalue weighted by Gasteiger charge is 2.42. The van der Waals surface area contributed by atoms with Crippen LogP contribution in [0.1, 0.15) is 38.8 Å². The molecule has 202 valence electrons. The minimum Gasteiger partial charge on any atom is -0.462 e. The molecule has 2 rings (SSSR count). The van der Waals surface area contributed by atoms with Crippen molar-refractivity contribution in [2.24, 2.45) is 0 Å². The maximum absolute atomic E-state index is 12.3. The lowest BCUT2D eigenvalue weighted by molar-refractivity contribution is -0.187. The number of hydrogen-bond acceptors (Lipinski definition) is 9. The van der Waals surface area contributed by atoms with Gasteiger partial charge in [0.25, 0.3) is 6.47 Å². The fourth-order valence-corrected chi connectivity index (χ4v) is 3.79. The number of esters is 3. The van der Waals surface area contributed by atoms with Crippen molar-refractivity contribution in [1.29, 1.82) is 0 Å². The van der Waals surface area contributed by atoms with E-state index in [9.17, 15) is 24.0 Å². The van der Waals surface area contributed by atoms with Crippen LogP contribution in [0.5, 0.6) is 0 Å². The number of nitrogens with one attached hydrogen (secondary N) is 1. The van der Waals surface area contributed by atoms with E-state index in [1.54, 1.807) is 6.08 Å². The lowest BCUT2D eigenvalue weighted by Gasteiger charge is -2.35. The van der Waals surface area contributed by atoms with E-state index < -0.39 is 54.8 Å². The van der Waals surface area contributed by atoms with Gasteiger partial charge in [0, 0.05) is 27.7 Å². The van der Waals surface area contributed by atoms with Crippen molar-refractivity contribution in [3.05, 3.63) is 77.9 Å². The van der Waals surface area contributed by atoms with Gasteiger partial charge in [0.2, 0.25) is 5.91 Å². The molecule has 4 unspecified atom stereocenters. The van der Waals surface area contributed by atoms with Crippen LogP contribution in [-0.2, 0) is 42.9 Å². The Morgan fingerprint density at radius 1 is 0.763 bits per heavy atom. The van der Waals surface area contributed by atoms with Crippen LogP contribution in [0.3, 0.4) is 0 Å². The highest BCUT2D eigenvalue weighted by Crippen LogP contribution is 2.27. The molecule has 38 heavy (non-hydrogen) atoms. The highest BCUT2D eigenvalue weighted by molar-refractivity contribution is 5.81. The molecule has 0 aliphatic carbocycles.